The Labute approximate surface area is 130 Å². The van der Waals surface area contributed by atoms with Gasteiger partial charge in [0.2, 0.25) is 0 Å². The average molecular weight is 321 g/mol. The van der Waals surface area contributed by atoms with E-state index in [9.17, 15) is 8.42 Å². The Balaban J connectivity index is 2.37. The molecule has 0 amide bonds. The van der Waals surface area contributed by atoms with E-state index in [0.29, 0.717) is 13.1 Å². The molecule has 7 heteroatoms. The van der Waals surface area contributed by atoms with E-state index in [1.165, 1.54) is 4.31 Å². The van der Waals surface area contributed by atoms with Crippen molar-refractivity contribution in [2.75, 3.05) is 53.4 Å². The number of piperidine rings is 1. The number of hydrogen-bond acceptors (Lipinski definition) is 4. The highest BCUT2D eigenvalue weighted by molar-refractivity contribution is 7.87. The van der Waals surface area contributed by atoms with Gasteiger partial charge in [-0.1, -0.05) is 13.8 Å². The summed E-state index contributed by atoms with van der Waals surface area (Å²) < 4.78 is 28.7. The van der Waals surface area contributed by atoms with Crippen LogP contribution in [0.25, 0.3) is 0 Å². The van der Waals surface area contributed by atoms with Crippen molar-refractivity contribution in [2.45, 2.75) is 33.1 Å². The largest absolute Gasteiger partial charge is 0.317 e. The lowest BCUT2D eigenvalue weighted by molar-refractivity contribution is 0.142. The highest BCUT2D eigenvalue weighted by Gasteiger charge is 2.30. The lowest BCUT2D eigenvalue weighted by Crippen LogP contribution is -2.47. The summed E-state index contributed by atoms with van der Waals surface area (Å²) in [6.45, 7) is 9.13. The van der Waals surface area contributed by atoms with Crippen LogP contribution in [-0.2, 0) is 10.2 Å². The Hall–Kier alpha value is -0.210. The third-order valence-corrected chi connectivity index (χ3v) is 5.87. The smallest absolute Gasteiger partial charge is 0.279 e. The van der Waals surface area contributed by atoms with Crippen LogP contribution in [0.3, 0.4) is 0 Å². The van der Waals surface area contributed by atoms with Gasteiger partial charge >= 0.3 is 0 Å². The summed E-state index contributed by atoms with van der Waals surface area (Å²) in [7, 11) is 0.401. The SMILES string of the molecule is CCNCCCN(C)S(=O)(=O)NCC1(C)CCN(C)CC1. The Morgan fingerprint density at radius 2 is 1.90 bits per heavy atom. The van der Waals surface area contributed by atoms with Gasteiger partial charge < -0.3 is 10.2 Å². The van der Waals surface area contributed by atoms with E-state index in [1.807, 2.05) is 6.92 Å². The van der Waals surface area contributed by atoms with Gasteiger partial charge in [-0.3, -0.25) is 0 Å². The molecular weight excluding hydrogens is 288 g/mol. The lowest BCUT2D eigenvalue weighted by atomic mass is 9.81. The summed E-state index contributed by atoms with van der Waals surface area (Å²) in [5.74, 6) is 0. The van der Waals surface area contributed by atoms with Crippen LogP contribution in [-0.4, -0.2) is 71.0 Å². The van der Waals surface area contributed by atoms with Crippen LogP contribution in [0.5, 0.6) is 0 Å². The second-order valence-corrected chi connectivity index (χ2v) is 8.33. The first-order chi connectivity index (χ1) is 9.79. The zero-order valence-corrected chi connectivity index (χ0v) is 14.8. The maximum Gasteiger partial charge on any atom is 0.279 e. The summed E-state index contributed by atoms with van der Waals surface area (Å²) in [4.78, 5) is 2.29. The van der Waals surface area contributed by atoms with Crippen molar-refractivity contribution in [3.63, 3.8) is 0 Å². The summed E-state index contributed by atoms with van der Waals surface area (Å²) in [6, 6.07) is 0. The molecule has 21 heavy (non-hydrogen) atoms. The highest BCUT2D eigenvalue weighted by Crippen LogP contribution is 2.29. The lowest BCUT2D eigenvalue weighted by Gasteiger charge is -2.38. The minimum absolute atomic E-state index is 0.0736. The Kier molecular flexibility index (Phi) is 7.56. The molecule has 1 saturated heterocycles. The Bertz CT molecular complexity index is 392. The third-order valence-electron chi connectivity index (χ3n) is 4.36. The zero-order valence-electron chi connectivity index (χ0n) is 14.0. The molecule has 2 N–H and O–H groups in total. The van der Waals surface area contributed by atoms with Crippen LogP contribution in [0.4, 0.5) is 0 Å². The van der Waals surface area contributed by atoms with Crippen molar-refractivity contribution >= 4 is 10.2 Å². The molecule has 1 fully saturated rings. The molecule has 126 valence electrons. The van der Waals surface area contributed by atoms with Crippen molar-refractivity contribution in [1.82, 2.24) is 19.2 Å². The first kappa shape index (κ1) is 18.8. The third kappa shape index (κ3) is 6.61. The van der Waals surface area contributed by atoms with Gasteiger partial charge in [-0.15, -0.1) is 0 Å². The number of rotatable bonds is 9. The number of hydrogen-bond donors (Lipinski definition) is 2. The Morgan fingerprint density at radius 1 is 1.29 bits per heavy atom. The fraction of sp³-hybridized carbons (Fsp3) is 1.00. The van der Waals surface area contributed by atoms with Gasteiger partial charge in [-0.25, -0.2) is 4.72 Å². The van der Waals surface area contributed by atoms with Crippen molar-refractivity contribution in [2.24, 2.45) is 5.41 Å². The van der Waals surface area contributed by atoms with E-state index >= 15 is 0 Å². The summed E-state index contributed by atoms with van der Waals surface area (Å²) in [6.07, 6.45) is 2.90. The van der Waals surface area contributed by atoms with E-state index in [0.717, 1.165) is 45.4 Å². The maximum absolute atomic E-state index is 12.2. The first-order valence-electron chi connectivity index (χ1n) is 7.89. The summed E-state index contributed by atoms with van der Waals surface area (Å²) in [5, 5.41) is 3.20. The van der Waals surface area contributed by atoms with Crippen LogP contribution in [0.1, 0.15) is 33.1 Å². The van der Waals surface area contributed by atoms with Crippen LogP contribution in [0.2, 0.25) is 0 Å². The quantitative estimate of drug-likeness (QED) is 0.607. The molecule has 6 nitrogen and oxygen atoms in total. The van der Waals surface area contributed by atoms with Crippen LogP contribution in [0.15, 0.2) is 0 Å². The van der Waals surface area contributed by atoms with Gasteiger partial charge in [-0.05, 0) is 57.9 Å². The molecule has 1 heterocycles. The van der Waals surface area contributed by atoms with Gasteiger partial charge in [0.1, 0.15) is 0 Å². The van der Waals surface area contributed by atoms with Gasteiger partial charge in [0.15, 0.2) is 0 Å². The molecule has 1 aliphatic rings. The predicted octanol–water partition coefficient (Wildman–Crippen LogP) is 0.484. The van der Waals surface area contributed by atoms with E-state index in [-0.39, 0.29) is 5.41 Å². The molecule has 0 aliphatic carbocycles. The molecule has 0 radical (unpaired) electrons. The second-order valence-electron chi connectivity index (χ2n) is 6.47. The fourth-order valence-corrected chi connectivity index (χ4v) is 3.56. The topological polar surface area (TPSA) is 64.7 Å². The van der Waals surface area contributed by atoms with Crippen LogP contribution >= 0.6 is 0 Å². The maximum atomic E-state index is 12.2. The van der Waals surface area contributed by atoms with Gasteiger partial charge in [0, 0.05) is 20.1 Å². The van der Waals surface area contributed by atoms with Crippen molar-refractivity contribution in [3.8, 4) is 0 Å². The predicted molar refractivity (Wildman–Crippen MR) is 87.6 cm³/mol. The minimum Gasteiger partial charge on any atom is -0.317 e. The zero-order chi connectivity index (χ0) is 15.9. The fourth-order valence-electron chi connectivity index (χ4n) is 2.43. The minimum atomic E-state index is -3.36. The molecule has 0 bridgehead atoms. The van der Waals surface area contributed by atoms with Gasteiger partial charge in [-0.2, -0.15) is 12.7 Å². The molecule has 1 rings (SSSR count). The average Bonchev–Trinajstić information content (AvgIpc) is 2.45. The molecule has 0 spiro atoms. The van der Waals surface area contributed by atoms with Gasteiger partial charge in [0.05, 0.1) is 0 Å². The Morgan fingerprint density at radius 3 is 2.48 bits per heavy atom. The summed E-state index contributed by atoms with van der Waals surface area (Å²) in [5.41, 5.74) is 0.0736. The summed E-state index contributed by atoms with van der Waals surface area (Å²) >= 11 is 0. The molecule has 0 unspecified atom stereocenters. The van der Waals surface area contributed by atoms with E-state index in [2.05, 4.69) is 28.9 Å². The second kappa shape index (κ2) is 8.43. The van der Waals surface area contributed by atoms with Crippen molar-refractivity contribution < 1.29 is 8.42 Å². The van der Waals surface area contributed by atoms with Crippen molar-refractivity contribution in [3.05, 3.63) is 0 Å². The normalized spacial score (nSPS) is 20.0. The van der Waals surface area contributed by atoms with E-state index < -0.39 is 10.2 Å². The molecular formula is C14H32N4O2S. The van der Waals surface area contributed by atoms with Crippen LogP contribution in [0, 0.1) is 5.41 Å². The molecule has 0 aromatic rings. The number of nitrogens with zero attached hydrogens (tertiary/aromatic N) is 2. The van der Waals surface area contributed by atoms with E-state index in [4.69, 9.17) is 0 Å². The molecule has 0 aromatic carbocycles. The molecule has 0 atom stereocenters. The molecule has 0 aromatic heterocycles. The monoisotopic (exact) mass is 320 g/mol. The number of likely N-dealkylation sites (tertiary alicyclic amines) is 1. The number of nitrogens with one attached hydrogen (secondary N) is 2. The van der Waals surface area contributed by atoms with Crippen molar-refractivity contribution in [1.29, 1.82) is 0 Å². The molecule has 0 saturated carbocycles. The van der Waals surface area contributed by atoms with E-state index in [1.54, 1.807) is 7.05 Å². The highest BCUT2D eigenvalue weighted by atomic mass is 32.2. The molecule has 1 aliphatic heterocycles. The first-order valence-corrected chi connectivity index (χ1v) is 9.33. The van der Waals surface area contributed by atoms with Gasteiger partial charge in [0.25, 0.3) is 10.2 Å². The van der Waals surface area contributed by atoms with Crippen LogP contribution < -0.4 is 10.0 Å². The standard InChI is InChI=1S/C14H32N4O2S/c1-5-15-9-6-10-18(4)21(19,20)16-13-14(2)7-11-17(3)12-8-14/h15-16H,5-13H2,1-4H3.